The molecule has 1 heterocycles. The number of nitrogens with zero attached hydrogens (tertiary/aromatic N) is 1. The molecule has 1 atom stereocenters. The lowest BCUT2D eigenvalue weighted by atomic mass is 9.83. The summed E-state index contributed by atoms with van der Waals surface area (Å²) in [5, 5.41) is 3.03. The van der Waals surface area contributed by atoms with Crippen molar-refractivity contribution < 1.29 is 14.3 Å². The number of carbonyl (C=O) groups is 2. The van der Waals surface area contributed by atoms with E-state index in [1.165, 1.54) is 0 Å². The Morgan fingerprint density at radius 1 is 1.10 bits per heavy atom. The summed E-state index contributed by atoms with van der Waals surface area (Å²) < 4.78 is 6.18. The third-order valence-corrected chi connectivity index (χ3v) is 6.31. The zero-order valence-corrected chi connectivity index (χ0v) is 18.5. The van der Waals surface area contributed by atoms with E-state index in [9.17, 15) is 9.59 Å². The lowest BCUT2D eigenvalue weighted by Gasteiger charge is -2.43. The fourth-order valence-corrected chi connectivity index (χ4v) is 4.43. The van der Waals surface area contributed by atoms with E-state index in [1.807, 2.05) is 49.1 Å². The minimum atomic E-state index is -1.07. The Morgan fingerprint density at radius 2 is 1.84 bits per heavy atom. The standard InChI is InChI=1S/C26H32N2O3/c1-19(2)27-25(30)26(18-28(14-15-31-26)24(29)22-11-7-12-22)17-20-8-6-13-23(16-20)21-9-4-3-5-10-21/h3-6,8-10,13,16,19,22H,7,11-12,14-15,17-18H2,1-2H3,(H,27,30)/t26-/m0/s1. The number of amides is 2. The summed E-state index contributed by atoms with van der Waals surface area (Å²) in [6.07, 6.45) is 3.47. The van der Waals surface area contributed by atoms with Gasteiger partial charge in [-0.05, 0) is 43.4 Å². The number of rotatable bonds is 6. The predicted octanol–water partition coefficient (Wildman–Crippen LogP) is 3.82. The van der Waals surface area contributed by atoms with E-state index in [2.05, 4.69) is 29.6 Å². The predicted molar refractivity (Wildman–Crippen MR) is 121 cm³/mol. The summed E-state index contributed by atoms with van der Waals surface area (Å²) in [5.41, 5.74) is 2.20. The minimum Gasteiger partial charge on any atom is -0.361 e. The van der Waals surface area contributed by atoms with Crippen molar-refractivity contribution in [3.05, 3.63) is 60.2 Å². The SMILES string of the molecule is CC(C)NC(=O)[C@]1(Cc2cccc(-c3ccccc3)c2)CN(C(=O)C2CCC2)CCO1. The molecule has 2 fully saturated rings. The Hall–Kier alpha value is -2.66. The summed E-state index contributed by atoms with van der Waals surface area (Å²) in [5.74, 6) is 0.151. The molecule has 31 heavy (non-hydrogen) atoms. The highest BCUT2D eigenvalue weighted by molar-refractivity contribution is 5.88. The highest BCUT2D eigenvalue weighted by Gasteiger charge is 2.46. The Labute approximate surface area is 184 Å². The molecular weight excluding hydrogens is 388 g/mol. The van der Waals surface area contributed by atoms with E-state index >= 15 is 0 Å². The Morgan fingerprint density at radius 3 is 2.52 bits per heavy atom. The van der Waals surface area contributed by atoms with Gasteiger partial charge < -0.3 is 15.0 Å². The molecule has 0 spiro atoms. The summed E-state index contributed by atoms with van der Waals surface area (Å²) in [6, 6.07) is 18.5. The molecule has 0 aromatic heterocycles. The lowest BCUT2D eigenvalue weighted by Crippen LogP contribution is -2.63. The molecule has 1 saturated carbocycles. The molecule has 0 unspecified atom stereocenters. The van der Waals surface area contributed by atoms with Crippen LogP contribution in [0.2, 0.25) is 0 Å². The first-order chi connectivity index (χ1) is 15.0. The van der Waals surface area contributed by atoms with Gasteiger partial charge in [-0.3, -0.25) is 9.59 Å². The molecule has 2 amide bonds. The van der Waals surface area contributed by atoms with Crippen molar-refractivity contribution in [1.29, 1.82) is 0 Å². The minimum absolute atomic E-state index is 0.00124. The first kappa shape index (κ1) is 21.6. The third-order valence-electron chi connectivity index (χ3n) is 6.31. The first-order valence-electron chi connectivity index (χ1n) is 11.3. The van der Waals surface area contributed by atoms with Crippen molar-refractivity contribution in [2.75, 3.05) is 19.7 Å². The molecule has 2 aliphatic rings. The molecule has 1 aliphatic carbocycles. The van der Waals surface area contributed by atoms with Gasteiger partial charge in [0.05, 0.1) is 13.2 Å². The number of carbonyl (C=O) groups excluding carboxylic acids is 2. The molecule has 2 aromatic rings. The number of nitrogens with one attached hydrogen (secondary N) is 1. The van der Waals surface area contributed by atoms with E-state index in [1.54, 1.807) is 0 Å². The van der Waals surface area contributed by atoms with E-state index in [0.717, 1.165) is 36.0 Å². The van der Waals surface area contributed by atoms with Crippen LogP contribution in [0.3, 0.4) is 0 Å². The fourth-order valence-electron chi connectivity index (χ4n) is 4.43. The smallest absolute Gasteiger partial charge is 0.254 e. The van der Waals surface area contributed by atoms with Crippen LogP contribution in [-0.2, 0) is 20.7 Å². The van der Waals surface area contributed by atoms with Crippen LogP contribution in [0.15, 0.2) is 54.6 Å². The van der Waals surface area contributed by atoms with Gasteiger partial charge in [0.15, 0.2) is 5.60 Å². The first-order valence-corrected chi connectivity index (χ1v) is 11.3. The number of benzene rings is 2. The van der Waals surface area contributed by atoms with Gasteiger partial charge in [-0.25, -0.2) is 0 Å². The second-order valence-corrected chi connectivity index (χ2v) is 9.10. The van der Waals surface area contributed by atoms with Gasteiger partial charge in [-0.15, -0.1) is 0 Å². The monoisotopic (exact) mass is 420 g/mol. The molecule has 0 bridgehead atoms. The van der Waals surface area contributed by atoms with Crippen LogP contribution in [0.1, 0.15) is 38.7 Å². The molecule has 1 aliphatic heterocycles. The average molecular weight is 421 g/mol. The van der Waals surface area contributed by atoms with Crippen LogP contribution < -0.4 is 5.32 Å². The highest BCUT2D eigenvalue weighted by atomic mass is 16.5. The number of morpholine rings is 1. The van der Waals surface area contributed by atoms with Gasteiger partial charge in [0.2, 0.25) is 5.91 Å². The normalized spacial score (nSPS) is 21.6. The van der Waals surface area contributed by atoms with E-state index < -0.39 is 5.60 Å². The van der Waals surface area contributed by atoms with Gasteiger partial charge in [0, 0.05) is 24.9 Å². The quantitative estimate of drug-likeness (QED) is 0.773. The summed E-state index contributed by atoms with van der Waals surface area (Å²) in [4.78, 5) is 28.1. The molecular formula is C26H32N2O3. The number of ether oxygens (including phenoxy) is 1. The van der Waals surface area contributed by atoms with Crippen molar-refractivity contribution >= 4 is 11.8 Å². The Bertz CT molecular complexity index is 923. The molecule has 1 N–H and O–H groups in total. The maximum atomic E-state index is 13.3. The van der Waals surface area contributed by atoms with Crippen molar-refractivity contribution in [2.24, 2.45) is 5.92 Å². The van der Waals surface area contributed by atoms with Crippen molar-refractivity contribution in [2.45, 2.75) is 51.2 Å². The largest absolute Gasteiger partial charge is 0.361 e. The zero-order valence-electron chi connectivity index (χ0n) is 18.5. The van der Waals surface area contributed by atoms with E-state index in [0.29, 0.717) is 26.1 Å². The van der Waals surface area contributed by atoms with Gasteiger partial charge in [0.25, 0.3) is 5.91 Å². The Kier molecular flexibility index (Phi) is 6.42. The topological polar surface area (TPSA) is 58.6 Å². The van der Waals surface area contributed by atoms with Crippen molar-refractivity contribution in [3.63, 3.8) is 0 Å². The maximum absolute atomic E-state index is 13.3. The van der Waals surface area contributed by atoms with Crippen LogP contribution in [0, 0.1) is 5.92 Å². The highest BCUT2D eigenvalue weighted by Crippen LogP contribution is 2.32. The van der Waals surface area contributed by atoms with Crippen molar-refractivity contribution in [1.82, 2.24) is 10.2 Å². The van der Waals surface area contributed by atoms with Crippen LogP contribution in [-0.4, -0.2) is 48.1 Å². The lowest BCUT2D eigenvalue weighted by molar-refractivity contribution is -0.169. The third kappa shape index (κ3) is 4.82. The van der Waals surface area contributed by atoms with Crippen LogP contribution in [0.25, 0.3) is 11.1 Å². The van der Waals surface area contributed by atoms with Gasteiger partial charge in [-0.2, -0.15) is 0 Å². The fraction of sp³-hybridized carbons (Fsp3) is 0.462. The van der Waals surface area contributed by atoms with Crippen LogP contribution in [0.5, 0.6) is 0 Å². The van der Waals surface area contributed by atoms with Crippen LogP contribution >= 0.6 is 0 Å². The second-order valence-electron chi connectivity index (χ2n) is 9.10. The summed E-state index contributed by atoms with van der Waals surface area (Å²) in [7, 11) is 0. The van der Waals surface area contributed by atoms with Gasteiger partial charge >= 0.3 is 0 Å². The zero-order chi connectivity index (χ0) is 21.8. The van der Waals surface area contributed by atoms with Gasteiger partial charge in [0.1, 0.15) is 0 Å². The van der Waals surface area contributed by atoms with Crippen molar-refractivity contribution in [3.8, 4) is 11.1 Å². The molecule has 5 nitrogen and oxygen atoms in total. The molecule has 1 saturated heterocycles. The van der Waals surface area contributed by atoms with E-state index in [4.69, 9.17) is 4.74 Å². The summed E-state index contributed by atoms with van der Waals surface area (Å²) >= 11 is 0. The molecule has 164 valence electrons. The summed E-state index contributed by atoms with van der Waals surface area (Å²) in [6.45, 7) is 5.12. The maximum Gasteiger partial charge on any atom is 0.254 e. The number of hydrogen-bond acceptors (Lipinski definition) is 3. The molecule has 5 heteroatoms. The molecule has 0 radical (unpaired) electrons. The Balaban J connectivity index is 1.61. The number of hydrogen-bond donors (Lipinski definition) is 1. The van der Waals surface area contributed by atoms with E-state index in [-0.39, 0.29) is 23.8 Å². The van der Waals surface area contributed by atoms with Gasteiger partial charge in [-0.1, -0.05) is 61.0 Å². The second kappa shape index (κ2) is 9.23. The molecule has 4 rings (SSSR count). The van der Waals surface area contributed by atoms with Crippen LogP contribution in [0.4, 0.5) is 0 Å². The average Bonchev–Trinajstić information content (AvgIpc) is 2.73. The molecule has 2 aromatic carbocycles.